The lowest BCUT2D eigenvalue weighted by Gasteiger charge is -1.98. The van der Waals surface area contributed by atoms with Gasteiger partial charge in [-0.3, -0.25) is 9.59 Å². The summed E-state index contributed by atoms with van der Waals surface area (Å²) in [6.45, 7) is 5.36. The molecule has 84 valence electrons. The minimum Gasteiger partial charge on any atom is -0.466 e. The number of hydrogen-bond acceptors (Lipinski definition) is 4. The van der Waals surface area contributed by atoms with Gasteiger partial charge in [0.15, 0.2) is 0 Å². The van der Waals surface area contributed by atoms with Gasteiger partial charge in [0.1, 0.15) is 6.61 Å². The summed E-state index contributed by atoms with van der Waals surface area (Å²) in [5.74, 6) is -0.590. The Morgan fingerprint density at radius 3 is 2.60 bits per heavy atom. The Bertz CT molecular complexity index is 243. The van der Waals surface area contributed by atoms with Crippen LogP contribution in [0.4, 0.5) is 0 Å². The van der Waals surface area contributed by atoms with E-state index in [1.807, 2.05) is 0 Å². The van der Waals surface area contributed by atoms with Crippen LogP contribution in [0, 0.1) is 0 Å². The van der Waals surface area contributed by atoms with Crippen LogP contribution in [0.3, 0.4) is 0 Å². The van der Waals surface area contributed by atoms with E-state index in [-0.39, 0.29) is 25.0 Å². The van der Waals surface area contributed by atoms with Crippen LogP contribution in [-0.4, -0.2) is 25.2 Å². The third kappa shape index (κ3) is 10.3. The highest BCUT2D eigenvalue weighted by molar-refractivity contribution is 5.71. The zero-order valence-electron chi connectivity index (χ0n) is 8.90. The van der Waals surface area contributed by atoms with Gasteiger partial charge < -0.3 is 9.47 Å². The maximum Gasteiger partial charge on any atom is 0.309 e. The van der Waals surface area contributed by atoms with Gasteiger partial charge in [0.25, 0.3) is 0 Å². The third-order valence-corrected chi connectivity index (χ3v) is 1.40. The van der Waals surface area contributed by atoms with Crippen LogP contribution in [0.25, 0.3) is 0 Å². The van der Waals surface area contributed by atoms with E-state index in [0.717, 1.165) is 0 Å². The molecule has 0 heterocycles. The summed E-state index contributed by atoms with van der Waals surface area (Å²) >= 11 is 0. The lowest BCUT2D eigenvalue weighted by Crippen LogP contribution is -2.02. The molecule has 0 radical (unpaired) electrons. The maximum absolute atomic E-state index is 10.9. The second kappa shape index (κ2) is 8.99. The SMILES string of the molecule is C=CCOC(=O)CC=CCCOC(C)=O. The van der Waals surface area contributed by atoms with Crippen LogP contribution in [0.1, 0.15) is 19.8 Å². The molecular weight excluding hydrogens is 196 g/mol. The largest absolute Gasteiger partial charge is 0.466 e. The summed E-state index contributed by atoms with van der Waals surface area (Å²) in [7, 11) is 0. The van der Waals surface area contributed by atoms with Gasteiger partial charge in [-0.15, -0.1) is 0 Å². The van der Waals surface area contributed by atoms with Gasteiger partial charge in [0.2, 0.25) is 0 Å². The molecule has 0 saturated heterocycles. The quantitative estimate of drug-likeness (QED) is 0.365. The van der Waals surface area contributed by atoms with Gasteiger partial charge in [0.05, 0.1) is 13.0 Å². The summed E-state index contributed by atoms with van der Waals surface area (Å²) in [5.41, 5.74) is 0. The van der Waals surface area contributed by atoms with Crippen LogP contribution in [0.2, 0.25) is 0 Å². The van der Waals surface area contributed by atoms with Gasteiger partial charge in [-0.1, -0.05) is 24.8 Å². The highest BCUT2D eigenvalue weighted by atomic mass is 16.5. The molecule has 4 heteroatoms. The fraction of sp³-hybridized carbons (Fsp3) is 0.455. The lowest BCUT2D eigenvalue weighted by molar-refractivity contribution is -0.142. The van der Waals surface area contributed by atoms with E-state index in [4.69, 9.17) is 9.47 Å². The molecule has 0 spiro atoms. The highest BCUT2D eigenvalue weighted by Gasteiger charge is 1.96. The van der Waals surface area contributed by atoms with Crippen molar-refractivity contribution in [3.8, 4) is 0 Å². The first-order valence-corrected chi connectivity index (χ1v) is 4.71. The Labute approximate surface area is 89.6 Å². The first-order valence-electron chi connectivity index (χ1n) is 4.71. The second-order valence-electron chi connectivity index (χ2n) is 2.78. The average Bonchev–Trinajstić information content (AvgIpc) is 2.19. The van der Waals surface area contributed by atoms with E-state index >= 15 is 0 Å². The molecule has 0 unspecified atom stereocenters. The molecule has 0 aliphatic heterocycles. The molecule has 0 fully saturated rings. The summed E-state index contributed by atoms with van der Waals surface area (Å²) in [6, 6.07) is 0. The Morgan fingerprint density at radius 2 is 2.00 bits per heavy atom. The fourth-order valence-electron chi connectivity index (χ4n) is 0.779. The van der Waals surface area contributed by atoms with E-state index in [0.29, 0.717) is 13.0 Å². The third-order valence-electron chi connectivity index (χ3n) is 1.40. The fourth-order valence-corrected chi connectivity index (χ4v) is 0.779. The molecule has 15 heavy (non-hydrogen) atoms. The van der Waals surface area contributed by atoms with Crippen molar-refractivity contribution in [1.82, 2.24) is 0 Å². The van der Waals surface area contributed by atoms with Crippen molar-refractivity contribution >= 4 is 11.9 Å². The first-order chi connectivity index (χ1) is 7.16. The number of ether oxygens (including phenoxy) is 2. The Morgan fingerprint density at radius 1 is 1.27 bits per heavy atom. The van der Waals surface area contributed by atoms with Crippen LogP contribution < -0.4 is 0 Å². The molecule has 0 aromatic carbocycles. The topological polar surface area (TPSA) is 52.6 Å². The highest BCUT2D eigenvalue weighted by Crippen LogP contribution is 1.92. The van der Waals surface area contributed by atoms with Crippen molar-refractivity contribution in [2.75, 3.05) is 13.2 Å². The van der Waals surface area contributed by atoms with Crippen molar-refractivity contribution in [2.24, 2.45) is 0 Å². The standard InChI is InChI=1S/C11H16O4/c1-3-8-15-11(13)7-5-4-6-9-14-10(2)12/h3-5H,1,6-9H2,2H3. The molecule has 0 saturated carbocycles. The molecule has 4 nitrogen and oxygen atoms in total. The van der Waals surface area contributed by atoms with Crippen LogP contribution in [0.5, 0.6) is 0 Å². The van der Waals surface area contributed by atoms with Crippen molar-refractivity contribution in [3.63, 3.8) is 0 Å². The molecule has 0 aromatic heterocycles. The lowest BCUT2D eigenvalue weighted by atomic mass is 10.3. The monoisotopic (exact) mass is 212 g/mol. The molecule has 0 bridgehead atoms. The van der Waals surface area contributed by atoms with E-state index < -0.39 is 0 Å². The molecule has 0 aliphatic carbocycles. The molecule has 0 rings (SSSR count). The van der Waals surface area contributed by atoms with E-state index in [9.17, 15) is 9.59 Å². The Kier molecular flexibility index (Phi) is 8.05. The first kappa shape index (κ1) is 13.4. The molecule has 0 N–H and O–H groups in total. The minimum atomic E-state index is -0.297. The smallest absolute Gasteiger partial charge is 0.309 e. The summed E-state index contributed by atoms with van der Waals surface area (Å²) in [6.07, 6.45) is 5.82. The van der Waals surface area contributed by atoms with Gasteiger partial charge >= 0.3 is 11.9 Å². The molecule has 0 atom stereocenters. The predicted molar refractivity (Wildman–Crippen MR) is 56.2 cm³/mol. The number of rotatable bonds is 7. The number of hydrogen-bond donors (Lipinski definition) is 0. The average molecular weight is 212 g/mol. The molecule has 0 aromatic rings. The normalized spacial score (nSPS) is 9.93. The number of carbonyl (C=O) groups excluding carboxylic acids is 2. The van der Waals surface area contributed by atoms with E-state index in [2.05, 4.69) is 6.58 Å². The zero-order chi connectivity index (χ0) is 11.5. The second-order valence-corrected chi connectivity index (χ2v) is 2.78. The maximum atomic E-state index is 10.9. The number of carbonyl (C=O) groups is 2. The van der Waals surface area contributed by atoms with Crippen molar-refractivity contribution < 1.29 is 19.1 Å². The van der Waals surface area contributed by atoms with Gasteiger partial charge in [0, 0.05) is 6.92 Å². The number of esters is 2. The minimum absolute atomic E-state index is 0.230. The van der Waals surface area contributed by atoms with E-state index in [1.54, 1.807) is 12.2 Å². The summed E-state index contributed by atoms with van der Waals surface area (Å²) < 4.78 is 9.44. The van der Waals surface area contributed by atoms with Gasteiger partial charge in [-0.05, 0) is 6.42 Å². The van der Waals surface area contributed by atoms with Crippen LogP contribution in [-0.2, 0) is 19.1 Å². The van der Waals surface area contributed by atoms with Crippen LogP contribution >= 0.6 is 0 Å². The van der Waals surface area contributed by atoms with Gasteiger partial charge in [-0.2, -0.15) is 0 Å². The van der Waals surface area contributed by atoms with Crippen molar-refractivity contribution in [2.45, 2.75) is 19.8 Å². The van der Waals surface area contributed by atoms with Crippen molar-refractivity contribution in [3.05, 3.63) is 24.8 Å². The Balaban J connectivity index is 3.41. The zero-order valence-corrected chi connectivity index (χ0v) is 8.90. The predicted octanol–water partition coefficient (Wildman–Crippen LogP) is 1.62. The molecule has 0 amide bonds. The Hall–Kier alpha value is -1.58. The molecule has 0 aliphatic rings. The van der Waals surface area contributed by atoms with Crippen molar-refractivity contribution in [1.29, 1.82) is 0 Å². The molecular formula is C11H16O4. The summed E-state index contributed by atoms with van der Waals surface area (Å²) in [5, 5.41) is 0. The van der Waals surface area contributed by atoms with E-state index in [1.165, 1.54) is 13.0 Å². The van der Waals surface area contributed by atoms with Gasteiger partial charge in [-0.25, -0.2) is 0 Å². The van der Waals surface area contributed by atoms with Crippen LogP contribution in [0.15, 0.2) is 24.8 Å². The summed E-state index contributed by atoms with van der Waals surface area (Å²) in [4.78, 5) is 21.3.